The highest BCUT2D eigenvalue weighted by Crippen LogP contribution is 2.39. The summed E-state index contributed by atoms with van der Waals surface area (Å²) in [6.45, 7) is 2.27. The van der Waals surface area contributed by atoms with Gasteiger partial charge in [0, 0.05) is 6.54 Å². The summed E-state index contributed by atoms with van der Waals surface area (Å²) in [6.07, 6.45) is -0.525. The van der Waals surface area contributed by atoms with Crippen molar-refractivity contribution in [2.45, 2.75) is 6.10 Å². The molecule has 1 N–H and O–H groups in total. The first-order valence-electron chi connectivity index (χ1n) is 7.26. The molecule has 0 saturated carbocycles. The number of para-hydroxylation sites is 2. The minimum absolute atomic E-state index is 0.524. The Bertz CT molecular complexity index is 683. The third-order valence-corrected chi connectivity index (χ3v) is 4.06. The predicted octanol–water partition coefficient (Wildman–Crippen LogP) is 2.42. The molecular weight excluding hydrogens is 262 g/mol. The minimum Gasteiger partial charge on any atom is -0.387 e. The van der Waals surface area contributed by atoms with Crippen LogP contribution in [0, 0.1) is 0 Å². The molecule has 106 valence electrons. The van der Waals surface area contributed by atoms with Crippen LogP contribution >= 0.6 is 0 Å². The van der Waals surface area contributed by atoms with Crippen molar-refractivity contribution in [1.82, 2.24) is 0 Å². The van der Waals surface area contributed by atoms with E-state index in [2.05, 4.69) is 26.9 Å². The molecule has 4 nitrogen and oxygen atoms in total. The number of anilines is 2. The number of hydrogen-bond donors (Lipinski definition) is 1. The van der Waals surface area contributed by atoms with Crippen LogP contribution in [0.15, 0.2) is 59.6 Å². The van der Waals surface area contributed by atoms with E-state index in [1.54, 1.807) is 0 Å². The predicted molar refractivity (Wildman–Crippen MR) is 84.8 cm³/mol. The van der Waals surface area contributed by atoms with Crippen molar-refractivity contribution >= 4 is 17.3 Å². The van der Waals surface area contributed by atoms with Gasteiger partial charge in [0.25, 0.3) is 0 Å². The molecule has 2 aliphatic rings. The van der Waals surface area contributed by atoms with E-state index in [4.69, 9.17) is 0 Å². The zero-order chi connectivity index (χ0) is 14.2. The van der Waals surface area contributed by atoms with Gasteiger partial charge in [0.15, 0.2) is 0 Å². The first kappa shape index (κ1) is 12.4. The lowest BCUT2D eigenvalue weighted by Gasteiger charge is -2.23. The van der Waals surface area contributed by atoms with Crippen LogP contribution in [0.5, 0.6) is 0 Å². The monoisotopic (exact) mass is 279 g/mol. The average Bonchev–Trinajstić information content (AvgIpc) is 3.11. The Balaban J connectivity index is 1.66. The summed E-state index contributed by atoms with van der Waals surface area (Å²) in [5.41, 5.74) is 3.26. The van der Waals surface area contributed by atoms with Crippen LogP contribution in [0.25, 0.3) is 0 Å². The SMILES string of the molecule is O[C@@H](CN1C2=NCCN2c2ccccc21)c1ccccc1. The van der Waals surface area contributed by atoms with Gasteiger partial charge in [-0.1, -0.05) is 42.5 Å². The molecule has 0 saturated heterocycles. The molecule has 2 heterocycles. The molecule has 1 atom stereocenters. The van der Waals surface area contributed by atoms with Crippen LogP contribution in [-0.2, 0) is 0 Å². The van der Waals surface area contributed by atoms with Crippen LogP contribution in [0.2, 0.25) is 0 Å². The van der Waals surface area contributed by atoms with Crippen LogP contribution in [0.4, 0.5) is 11.4 Å². The smallest absolute Gasteiger partial charge is 0.206 e. The number of nitrogens with zero attached hydrogens (tertiary/aromatic N) is 3. The van der Waals surface area contributed by atoms with Gasteiger partial charge in [0.2, 0.25) is 5.96 Å². The number of fused-ring (bicyclic) bond motifs is 3. The standard InChI is InChI=1S/C17H17N3O/c21-16(13-6-2-1-3-7-13)12-20-15-9-5-4-8-14(15)19-11-10-18-17(19)20/h1-9,16,21H,10-12H2/t16-/m0/s1. The molecule has 0 fully saturated rings. The number of benzene rings is 2. The third-order valence-electron chi connectivity index (χ3n) is 4.06. The van der Waals surface area contributed by atoms with Crippen LogP contribution < -0.4 is 9.80 Å². The second-order valence-corrected chi connectivity index (χ2v) is 5.36. The normalized spacial score (nSPS) is 17.5. The summed E-state index contributed by atoms with van der Waals surface area (Å²) in [5, 5.41) is 10.5. The lowest BCUT2D eigenvalue weighted by molar-refractivity contribution is 0.187. The summed E-state index contributed by atoms with van der Waals surface area (Å²) < 4.78 is 0. The van der Waals surface area contributed by atoms with Crippen LogP contribution in [0.1, 0.15) is 11.7 Å². The highest BCUT2D eigenvalue weighted by atomic mass is 16.3. The lowest BCUT2D eigenvalue weighted by Crippen LogP contribution is -2.37. The number of aliphatic imine (C=N–C) groups is 1. The van der Waals surface area contributed by atoms with E-state index in [1.165, 1.54) is 5.69 Å². The number of guanidine groups is 1. The van der Waals surface area contributed by atoms with Gasteiger partial charge in [-0.3, -0.25) is 4.99 Å². The molecule has 0 amide bonds. The number of aliphatic hydroxyl groups excluding tert-OH is 1. The zero-order valence-corrected chi connectivity index (χ0v) is 11.7. The quantitative estimate of drug-likeness (QED) is 0.938. The molecule has 0 radical (unpaired) electrons. The van der Waals surface area contributed by atoms with Crippen LogP contribution in [0.3, 0.4) is 0 Å². The zero-order valence-electron chi connectivity index (χ0n) is 11.7. The maximum absolute atomic E-state index is 10.5. The Kier molecular flexibility index (Phi) is 2.89. The Hall–Kier alpha value is -2.33. The summed E-state index contributed by atoms with van der Waals surface area (Å²) in [6, 6.07) is 18.1. The fourth-order valence-corrected chi connectivity index (χ4v) is 3.06. The topological polar surface area (TPSA) is 39.1 Å². The number of β-amino-alcohol motifs (C(OH)–C–C–N with tert-alkyl or cyclic N) is 1. The van der Waals surface area contributed by atoms with Gasteiger partial charge >= 0.3 is 0 Å². The van der Waals surface area contributed by atoms with E-state index in [0.717, 1.165) is 30.3 Å². The van der Waals surface area contributed by atoms with Gasteiger partial charge < -0.3 is 14.9 Å². The van der Waals surface area contributed by atoms with E-state index < -0.39 is 6.10 Å². The van der Waals surface area contributed by atoms with Crippen LogP contribution in [-0.4, -0.2) is 30.7 Å². The molecule has 4 heteroatoms. The highest BCUT2D eigenvalue weighted by Gasteiger charge is 2.35. The molecular formula is C17H17N3O. The molecule has 2 aliphatic heterocycles. The molecule has 0 aromatic heterocycles. The lowest BCUT2D eigenvalue weighted by atomic mass is 10.1. The average molecular weight is 279 g/mol. The van der Waals surface area contributed by atoms with Gasteiger partial charge in [0.1, 0.15) is 0 Å². The van der Waals surface area contributed by atoms with Crippen molar-refractivity contribution in [1.29, 1.82) is 0 Å². The van der Waals surface area contributed by atoms with Crippen molar-refractivity contribution < 1.29 is 5.11 Å². The molecule has 0 spiro atoms. The van der Waals surface area contributed by atoms with Crippen molar-refractivity contribution in [2.75, 3.05) is 29.4 Å². The minimum atomic E-state index is -0.525. The van der Waals surface area contributed by atoms with Gasteiger partial charge in [-0.05, 0) is 17.7 Å². The number of rotatable bonds is 3. The van der Waals surface area contributed by atoms with Gasteiger partial charge in [-0.2, -0.15) is 0 Å². The highest BCUT2D eigenvalue weighted by molar-refractivity contribution is 6.17. The van der Waals surface area contributed by atoms with Crippen molar-refractivity contribution in [3.63, 3.8) is 0 Å². The van der Waals surface area contributed by atoms with Crippen molar-refractivity contribution in [3.05, 3.63) is 60.2 Å². The van der Waals surface area contributed by atoms with Crippen molar-refractivity contribution in [3.8, 4) is 0 Å². The van der Waals surface area contributed by atoms with E-state index >= 15 is 0 Å². The molecule has 21 heavy (non-hydrogen) atoms. The fraction of sp³-hybridized carbons (Fsp3) is 0.235. The summed E-state index contributed by atoms with van der Waals surface area (Å²) in [7, 11) is 0. The Labute approximate surface area is 124 Å². The Morgan fingerprint density at radius 2 is 1.71 bits per heavy atom. The summed E-state index contributed by atoms with van der Waals surface area (Å²) in [4.78, 5) is 8.95. The molecule has 0 aliphatic carbocycles. The molecule has 0 bridgehead atoms. The maximum atomic E-state index is 10.5. The first-order valence-corrected chi connectivity index (χ1v) is 7.26. The summed E-state index contributed by atoms with van der Waals surface area (Å²) in [5.74, 6) is 0.964. The van der Waals surface area contributed by atoms with Gasteiger partial charge in [-0.15, -0.1) is 0 Å². The summed E-state index contributed by atoms with van der Waals surface area (Å²) >= 11 is 0. The van der Waals surface area contributed by atoms with Gasteiger partial charge in [-0.25, -0.2) is 0 Å². The molecule has 2 aromatic carbocycles. The van der Waals surface area contributed by atoms with E-state index in [0.29, 0.717) is 6.54 Å². The second-order valence-electron chi connectivity index (χ2n) is 5.36. The molecule has 2 aromatic rings. The maximum Gasteiger partial charge on any atom is 0.206 e. The molecule has 4 rings (SSSR count). The Morgan fingerprint density at radius 1 is 1.00 bits per heavy atom. The Morgan fingerprint density at radius 3 is 2.52 bits per heavy atom. The van der Waals surface area contributed by atoms with E-state index in [9.17, 15) is 5.11 Å². The van der Waals surface area contributed by atoms with E-state index in [1.807, 2.05) is 42.5 Å². The third kappa shape index (κ3) is 1.99. The first-order chi connectivity index (χ1) is 10.3. The fourth-order valence-electron chi connectivity index (χ4n) is 3.06. The second kappa shape index (κ2) is 4.90. The number of aliphatic hydroxyl groups is 1. The van der Waals surface area contributed by atoms with Gasteiger partial charge in [0.05, 0.1) is 30.6 Å². The van der Waals surface area contributed by atoms with E-state index in [-0.39, 0.29) is 0 Å². The largest absolute Gasteiger partial charge is 0.387 e. The molecule has 0 unspecified atom stereocenters. The number of hydrogen-bond acceptors (Lipinski definition) is 4. The van der Waals surface area contributed by atoms with Crippen molar-refractivity contribution in [2.24, 2.45) is 4.99 Å².